The highest BCUT2D eigenvalue weighted by atomic mass is 15.1. The highest BCUT2D eigenvalue weighted by molar-refractivity contribution is 5.68. The van der Waals surface area contributed by atoms with Gasteiger partial charge in [0.1, 0.15) is 5.82 Å². The molecule has 2 rings (SSSR count). The average Bonchev–Trinajstić information content (AvgIpc) is 2.61. The second-order valence-corrected chi connectivity index (χ2v) is 4.28. The topological polar surface area (TPSA) is 57.0 Å². The molecule has 3 heteroatoms. The van der Waals surface area contributed by atoms with Gasteiger partial charge in [0, 0.05) is 23.5 Å². The van der Waals surface area contributed by atoms with Crippen molar-refractivity contribution in [2.24, 2.45) is 0 Å². The highest BCUT2D eigenvalue weighted by Crippen LogP contribution is 2.26. The van der Waals surface area contributed by atoms with Crippen molar-refractivity contribution in [3.05, 3.63) is 36.5 Å². The molecule has 16 heavy (non-hydrogen) atoms. The van der Waals surface area contributed by atoms with E-state index in [4.69, 9.17) is 11.5 Å². The standard InChI is InChI=1S/C13H17N3/c1-9(2)16-8-11(7-13(16)15)10-3-5-12(14)6-4-10/h3-9H,14-15H2,1-2H3. The zero-order chi connectivity index (χ0) is 11.7. The minimum atomic E-state index is 0.377. The number of hydrogen-bond acceptors (Lipinski definition) is 2. The van der Waals surface area contributed by atoms with Crippen molar-refractivity contribution < 1.29 is 0 Å². The Bertz CT molecular complexity index is 480. The molecule has 0 saturated heterocycles. The predicted octanol–water partition coefficient (Wildman–Crippen LogP) is 2.90. The fourth-order valence-corrected chi connectivity index (χ4v) is 1.78. The van der Waals surface area contributed by atoms with Gasteiger partial charge in [0.05, 0.1) is 0 Å². The van der Waals surface area contributed by atoms with Gasteiger partial charge in [-0.3, -0.25) is 0 Å². The summed E-state index contributed by atoms with van der Waals surface area (Å²) in [5.41, 5.74) is 14.7. The minimum absolute atomic E-state index is 0.377. The summed E-state index contributed by atoms with van der Waals surface area (Å²) in [4.78, 5) is 0. The van der Waals surface area contributed by atoms with E-state index in [0.29, 0.717) is 6.04 Å². The summed E-state index contributed by atoms with van der Waals surface area (Å²) in [6, 6.07) is 10.2. The molecule has 1 aromatic heterocycles. The molecule has 0 aliphatic carbocycles. The predicted molar refractivity (Wildman–Crippen MR) is 69.1 cm³/mol. The fourth-order valence-electron chi connectivity index (χ4n) is 1.78. The third-order valence-electron chi connectivity index (χ3n) is 2.68. The smallest absolute Gasteiger partial charge is 0.104 e. The van der Waals surface area contributed by atoms with Gasteiger partial charge in [-0.15, -0.1) is 0 Å². The van der Waals surface area contributed by atoms with E-state index < -0.39 is 0 Å². The lowest BCUT2D eigenvalue weighted by atomic mass is 10.1. The summed E-state index contributed by atoms with van der Waals surface area (Å²) in [5.74, 6) is 0.793. The zero-order valence-electron chi connectivity index (χ0n) is 9.64. The van der Waals surface area contributed by atoms with Crippen molar-refractivity contribution >= 4 is 11.5 Å². The van der Waals surface area contributed by atoms with Gasteiger partial charge in [0.15, 0.2) is 0 Å². The number of rotatable bonds is 2. The van der Waals surface area contributed by atoms with Crippen LogP contribution < -0.4 is 11.5 Å². The number of nitrogens with zero attached hydrogens (tertiary/aromatic N) is 1. The van der Waals surface area contributed by atoms with E-state index in [0.717, 1.165) is 22.6 Å². The van der Waals surface area contributed by atoms with E-state index in [9.17, 15) is 0 Å². The SMILES string of the molecule is CC(C)n1cc(-c2ccc(N)cc2)cc1N. The molecule has 0 unspecified atom stereocenters. The first-order valence-electron chi connectivity index (χ1n) is 5.41. The van der Waals surface area contributed by atoms with Gasteiger partial charge in [-0.25, -0.2) is 0 Å². The summed E-state index contributed by atoms with van der Waals surface area (Å²) in [5, 5.41) is 0. The number of benzene rings is 1. The molecule has 0 fully saturated rings. The maximum Gasteiger partial charge on any atom is 0.104 e. The van der Waals surface area contributed by atoms with Crippen molar-refractivity contribution in [2.75, 3.05) is 11.5 Å². The van der Waals surface area contributed by atoms with Gasteiger partial charge in [0.2, 0.25) is 0 Å². The Morgan fingerprint density at radius 3 is 2.12 bits per heavy atom. The van der Waals surface area contributed by atoms with E-state index in [-0.39, 0.29) is 0 Å². The van der Waals surface area contributed by atoms with Crippen LogP contribution in [0.25, 0.3) is 11.1 Å². The third kappa shape index (κ3) is 1.89. The lowest BCUT2D eigenvalue weighted by Crippen LogP contribution is -2.02. The quantitative estimate of drug-likeness (QED) is 0.757. The fraction of sp³-hybridized carbons (Fsp3) is 0.231. The first-order valence-corrected chi connectivity index (χ1v) is 5.41. The summed E-state index contributed by atoms with van der Waals surface area (Å²) < 4.78 is 2.06. The van der Waals surface area contributed by atoms with Crippen LogP contribution in [0.15, 0.2) is 36.5 Å². The molecule has 0 spiro atoms. The Morgan fingerprint density at radius 2 is 1.62 bits per heavy atom. The van der Waals surface area contributed by atoms with Gasteiger partial charge in [-0.05, 0) is 37.6 Å². The zero-order valence-corrected chi connectivity index (χ0v) is 9.64. The molecule has 1 heterocycles. The lowest BCUT2D eigenvalue weighted by molar-refractivity contribution is 0.612. The van der Waals surface area contributed by atoms with Crippen LogP contribution in [0.3, 0.4) is 0 Å². The first kappa shape index (κ1) is 10.6. The van der Waals surface area contributed by atoms with Crippen molar-refractivity contribution in [2.45, 2.75) is 19.9 Å². The van der Waals surface area contributed by atoms with Crippen LogP contribution in [0.2, 0.25) is 0 Å². The summed E-state index contributed by atoms with van der Waals surface area (Å²) >= 11 is 0. The van der Waals surface area contributed by atoms with Crippen LogP contribution in [0, 0.1) is 0 Å². The van der Waals surface area contributed by atoms with Crippen LogP contribution in [-0.4, -0.2) is 4.57 Å². The largest absolute Gasteiger partial charge is 0.399 e. The van der Waals surface area contributed by atoms with E-state index in [2.05, 4.69) is 24.6 Å². The number of aromatic nitrogens is 1. The third-order valence-corrected chi connectivity index (χ3v) is 2.68. The number of nitrogen functional groups attached to an aromatic ring is 2. The molecule has 0 radical (unpaired) electrons. The molecule has 0 amide bonds. The van der Waals surface area contributed by atoms with Crippen LogP contribution in [0.1, 0.15) is 19.9 Å². The molecule has 0 atom stereocenters. The number of nitrogens with two attached hydrogens (primary N) is 2. The van der Waals surface area contributed by atoms with Crippen molar-refractivity contribution in [1.29, 1.82) is 0 Å². The molecule has 1 aromatic carbocycles. The summed E-state index contributed by atoms with van der Waals surface area (Å²) in [6.45, 7) is 4.23. The van der Waals surface area contributed by atoms with E-state index in [1.54, 1.807) is 0 Å². The Balaban J connectivity index is 2.41. The van der Waals surface area contributed by atoms with Gasteiger partial charge < -0.3 is 16.0 Å². The maximum atomic E-state index is 5.95. The molecular formula is C13H17N3. The van der Waals surface area contributed by atoms with Gasteiger partial charge in [-0.1, -0.05) is 12.1 Å². The van der Waals surface area contributed by atoms with Crippen molar-refractivity contribution in [3.63, 3.8) is 0 Å². The normalized spacial score (nSPS) is 10.9. The van der Waals surface area contributed by atoms with Crippen LogP contribution in [0.5, 0.6) is 0 Å². The van der Waals surface area contributed by atoms with Crippen LogP contribution in [-0.2, 0) is 0 Å². The molecule has 4 N–H and O–H groups in total. The molecular weight excluding hydrogens is 198 g/mol. The highest BCUT2D eigenvalue weighted by Gasteiger charge is 2.06. The molecule has 3 nitrogen and oxygen atoms in total. The number of hydrogen-bond donors (Lipinski definition) is 2. The molecule has 84 valence electrons. The van der Waals surface area contributed by atoms with Gasteiger partial charge in [-0.2, -0.15) is 0 Å². The first-order chi connectivity index (χ1) is 7.58. The number of anilines is 2. The lowest BCUT2D eigenvalue weighted by Gasteiger charge is -2.08. The monoisotopic (exact) mass is 215 g/mol. The van der Waals surface area contributed by atoms with Crippen LogP contribution in [0.4, 0.5) is 11.5 Å². The molecule has 0 aliphatic heterocycles. The second-order valence-electron chi connectivity index (χ2n) is 4.28. The van der Waals surface area contributed by atoms with E-state index in [1.165, 1.54) is 0 Å². The van der Waals surface area contributed by atoms with Crippen molar-refractivity contribution in [1.82, 2.24) is 4.57 Å². The van der Waals surface area contributed by atoms with E-state index >= 15 is 0 Å². The van der Waals surface area contributed by atoms with Gasteiger partial charge in [0.25, 0.3) is 0 Å². The summed E-state index contributed by atoms with van der Waals surface area (Å²) in [7, 11) is 0. The molecule has 0 aliphatic rings. The van der Waals surface area contributed by atoms with Crippen LogP contribution >= 0.6 is 0 Å². The molecule has 2 aromatic rings. The Kier molecular flexibility index (Phi) is 2.60. The molecule has 0 saturated carbocycles. The van der Waals surface area contributed by atoms with Gasteiger partial charge >= 0.3 is 0 Å². The Morgan fingerprint density at radius 1 is 1.00 bits per heavy atom. The summed E-state index contributed by atoms with van der Waals surface area (Å²) in [6.07, 6.45) is 2.07. The Hall–Kier alpha value is -1.90. The van der Waals surface area contributed by atoms with E-state index in [1.807, 2.05) is 30.3 Å². The minimum Gasteiger partial charge on any atom is -0.399 e. The second kappa shape index (κ2) is 3.93. The molecule has 0 bridgehead atoms. The average molecular weight is 215 g/mol. The van der Waals surface area contributed by atoms with Crippen molar-refractivity contribution in [3.8, 4) is 11.1 Å². The maximum absolute atomic E-state index is 5.95. The Labute approximate surface area is 95.7 Å².